The number of nitrogens with zero attached hydrogens (tertiary/aromatic N) is 2. The van der Waals surface area contributed by atoms with Crippen LogP contribution in [-0.2, 0) is 6.54 Å². The topological polar surface area (TPSA) is 55.1 Å². The summed E-state index contributed by atoms with van der Waals surface area (Å²) in [4.78, 5) is 17.2. The molecule has 1 aromatic heterocycles. The monoisotopic (exact) mass is 290 g/mol. The first kappa shape index (κ1) is 12.8. The van der Waals surface area contributed by atoms with Gasteiger partial charge >= 0.3 is 0 Å². The molecule has 3 aromatic rings. The fourth-order valence-corrected chi connectivity index (χ4v) is 2.87. The zero-order chi connectivity index (χ0) is 15.1. The molecule has 0 bridgehead atoms. The summed E-state index contributed by atoms with van der Waals surface area (Å²) < 4.78 is 1.74. The highest BCUT2D eigenvalue weighted by Gasteiger charge is 2.20. The van der Waals surface area contributed by atoms with Crippen LogP contribution in [0.4, 0.5) is 0 Å². The Bertz CT molecular complexity index is 953. The number of hydrogen-bond donors (Lipinski definition) is 1. The van der Waals surface area contributed by atoms with E-state index >= 15 is 0 Å². The van der Waals surface area contributed by atoms with Gasteiger partial charge in [-0.2, -0.15) is 0 Å². The van der Waals surface area contributed by atoms with Crippen molar-refractivity contribution in [2.24, 2.45) is 0 Å². The Kier molecular flexibility index (Phi) is 2.82. The largest absolute Gasteiger partial charge is 0.508 e. The number of aromatic nitrogens is 2. The first-order chi connectivity index (χ1) is 10.7. The Hall–Kier alpha value is -2.88. The highest BCUT2D eigenvalue weighted by atomic mass is 16.3. The van der Waals surface area contributed by atoms with E-state index < -0.39 is 0 Å². The molecule has 2 heterocycles. The summed E-state index contributed by atoms with van der Waals surface area (Å²) >= 11 is 0. The second-order valence-corrected chi connectivity index (χ2v) is 5.42. The van der Waals surface area contributed by atoms with Gasteiger partial charge in [-0.25, -0.2) is 4.98 Å². The standard InChI is InChI=1S/C18H14N2O2/c21-14-7-5-12(6-8-14)11-13-9-10-20-17(13)19-16-4-2-1-3-15(16)18(20)22/h1-8,11,21H,9-10H2/b13-11+. The Balaban J connectivity index is 1.88. The van der Waals surface area contributed by atoms with Gasteiger partial charge in [0.1, 0.15) is 11.6 Å². The molecule has 4 rings (SSSR count). The summed E-state index contributed by atoms with van der Waals surface area (Å²) in [5.41, 5.74) is 2.80. The van der Waals surface area contributed by atoms with Crippen LogP contribution in [0.1, 0.15) is 17.8 Å². The van der Waals surface area contributed by atoms with Crippen molar-refractivity contribution >= 4 is 22.6 Å². The van der Waals surface area contributed by atoms with Gasteiger partial charge in [0.2, 0.25) is 0 Å². The fourth-order valence-electron chi connectivity index (χ4n) is 2.87. The number of allylic oxidation sites excluding steroid dienone is 1. The molecule has 0 fully saturated rings. The van der Waals surface area contributed by atoms with Crippen LogP contribution >= 0.6 is 0 Å². The van der Waals surface area contributed by atoms with E-state index in [-0.39, 0.29) is 11.3 Å². The third-order valence-electron chi connectivity index (χ3n) is 3.99. The molecule has 4 nitrogen and oxygen atoms in total. The van der Waals surface area contributed by atoms with E-state index in [0.29, 0.717) is 11.9 Å². The van der Waals surface area contributed by atoms with Crippen LogP contribution in [0, 0.1) is 0 Å². The molecule has 0 saturated heterocycles. The molecule has 0 atom stereocenters. The average molecular weight is 290 g/mol. The summed E-state index contributed by atoms with van der Waals surface area (Å²) in [7, 11) is 0. The number of benzene rings is 2. The molecular formula is C18H14N2O2. The molecule has 0 unspecified atom stereocenters. The number of hydrogen-bond acceptors (Lipinski definition) is 3. The molecule has 22 heavy (non-hydrogen) atoms. The van der Waals surface area contributed by atoms with Gasteiger partial charge in [0.15, 0.2) is 0 Å². The van der Waals surface area contributed by atoms with Gasteiger partial charge in [-0.05, 0) is 47.9 Å². The van der Waals surface area contributed by atoms with E-state index in [2.05, 4.69) is 4.98 Å². The molecular weight excluding hydrogens is 276 g/mol. The summed E-state index contributed by atoms with van der Waals surface area (Å²) in [6.07, 6.45) is 2.82. The lowest BCUT2D eigenvalue weighted by molar-refractivity contribution is 0.475. The highest BCUT2D eigenvalue weighted by molar-refractivity contribution is 5.84. The molecule has 1 aliphatic rings. The first-order valence-corrected chi connectivity index (χ1v) is 7.22. The lowest BCUT2D eigenvalue weighted by atomic mass is 10.1. The molecule has 4 heteroatoms. The Morgan fingerprint density at radius 1 is 1.09 bits per heavy atom. The van der Waals surface area contributed by atoms with Gasteiger partial charge in [0.25, 0.3) is 5.56 Å². The van der Waals surface area contributed by atoms with Crippen molar-refractivity contribution in [3.8, 4) is 5.75 Å². The number of phenolic OH excluding ortho intramolecular Hbond substituents is 1. The van der Waals surface area contributed by atoms with Crippen LogP contribution in [0.25, 0.3) is 22.6 Å². The van der Waals surface area contributed by atoms with Crippen LogP contribution in [0.2, 0.25) is 0 Å². The molecule has 0 spiro atoms. The predicted molar refractivity (Wildman–Crippen MR) is 86.6 cm³/mol. The van der Waals surface area contributed by atoms with Gasteiger partial charge in [0.05, 0.1) is 10.9 Å². The van der Waals surface area contributed by atoms with Gasteiger partial charge < -0.3 is 5.11 Å². The van der Waals surface area contributed by atoms with Crippen molar-refractivity contribution in [2.45, 2.75) is 13.0 Å². The number of fused-ring (bicyclic) bond motifs is 2. The molecule has 1 N–H and O–H groups in total. The van der Waals surface area contributed by atoms with E-state index in [1.54, 1.807) is 16.7 Å². The van der Waals surface area contributed by atoms with Crippen LogP contribution in [0.5, 0.6) is 5.75 Å². The summed E-state index contributed by atoms with van der Waals surface area (Å²) in [5.74, 6) is 0.992. The lowest BCUT2D eigenvalue weighted by Gasteiger charge is -2.05. The zero-order valence-corrected chi connectivity index (χ0v) is 11.9. The lowest BCUT2D eigenvalue weighted by Crippen LogP contribution is -2.20. The van der Waals surface area contributed by atoms with Crippen LogP contribution < -0.4 is 5.56 Å². The Morgan fingerprint density at radius 3 is 2.68 bits per heavy atom. The normalized spacial score (nSPS) is 15.4. The van der Waals surface area contributed by atoms with Gasteiger partial charge in [-0.15, -0.1) is 0 Å². The minimum atomic E-state index is 0.0229. The van der Waals surface area contributed by atoms with Crippen molar-refractivity contribution in [2.75, 3.05) is 0 Å². The number of phenols is 1. The Morgan fingerprint density at radius 2 is 1.86 bits per heavy atom. The molecule has 0 amide bonds. The van der Waals surface area contributed by atoms with Crippen LogP contribution in [0.3, 0.4) is 0 Å². The highest BCUT2D eigenvalue weighted by Crippen LogP contribution is 2.27. The smallest absolute Gasteiger partial charge is 0.261 e. The molecule has 0 aliphatic carbocycles. The maximum absolute atomic E-state index is 12.5. The van der Waals surface area contributed by atoms with Crippen molar-refractivity contribution in [3.05, 3.63) is 70.3 Å². The zero-order valence-electron chi connectivity index (χ0n) is 11.9. The molecule has 1 aliphatic heterocycles. The van der Waals surface area contributed by atoms with Crippen molar-refractivity contribution in [1.82, 2.24) is 9.55 Å². The quantitative estimate of drug-likeness (QED) is 0.749. The maximum atomic E-state index is 12.5. The van der Waals surface area contributed by atoms with E-state index in [1.807, 2.05) is 42.5 Å². The van der Waals surface area contributed by atoms with Gasteiger partial charge in [-0.3, -0.25) is 9.36 Å². The SMILES string of the molecule is O=c1c2ccccc2nc2n1CC/C2=C\c1ccc(O)cc1. The number of rotatable bonds is 1. The minimum absolute atomic E-state index is 0.0229. The van der Waals surface area contributed by atoms with Gasteiger partial charge in [-0.1, -0.05) is 24.3 Å². The molecule has 0 saturated carbocycles. The van der Waals surface area contributed by atoms with Crippen LogP contribution in [0.15, 0.2) is 53.3 Å². The number of para-hydroxylation sites is 1. The van der Waals surface area contributed by atoms with E-state index in [0.717, 1.165) is 28.9 Å². The Labute approximate surface area is 127 Å². The van der Waals surface area contributed by atoms with Crippen molar-refractivity contribution < 1.29 is 5.11 Å². The fraction of sp³-hybridized carbons (Fsp3) is 0.111. The van der Waals surface area contributed by atoms with Crippen molar-refractivity contribution in [3.63, 3.8) is 0 Å². The van der Waals surface area contributed by atoms with E-state index in [1.165, 1.54) is 0 Å². The summed E-state index contributed by atoms with van der Waals surface area (Å²) in [5, 5.41) is 10.0. The molecule has 108 valence electrons. The van der Waals surface area contributed by atoms with Gasteiger partial charge in [0, 0.05) is 6.54 Å². The molecule has 2 aromatic carbocycles. The second-order valence-electron chi connectivity index (χ2n) is 5.42. The first-order valence-electron chi connectivity index (χ1n) is 7.22. The van der Waals surface area contributed by atoms with E-state index in [4.69, 9.17) is 0 Å². The van der Waals surface area contributed by atoms with Crippen molar-refractivity contribution in [1.29, 1.82) is 0 Å². The number of aromatic hydroxyl groups is 1. The third-order valence-corrected chi connectivity index (χ3v) is 3.99. The summed E-state index contributed by atoms with van der Waals surface area (Å²) in [6, 6.07) is 14.5. The summed E-state index contributed by atoms with van der Waals surface area (Å²) in [6.45, 7) is 0.663. The van der Waals surface area contributed by atoms with Crippen LogP contribution in [-0.4, -0.2) is 14.7 Å². The predicted octanol–water partition coefficient (Wildman–Crippen LogP) is 3.05. The average Bonchev–Trinajstić information content (AvgIpc) is 2.93. The maximum Gasteiger partial charge on any atom is 0.261 e. The second kappa shape index (κ2) is 4.84. The molecule has 0 radical (unpaired) electrons. The minimum Gasteiger partial charge on any atom is -0.508 e. The van der Waals surface area contributed by atoms with E-state index in [9.17, 15) is 9.90 Å². The third kappa shape index (κ3) is 2.00.